The topological polar surface area (TPSA) is 102 Å². The van der Waals surface area contributed by atoms with Gasteiger partial charge in [0.1, 0.15) is 23.3 Å². The molecule has 0 spiro atoms. The van der Waals surface area contributed by atoms with Crippen LogP contribution in [0.4, 0.5) is 30.9 Å². The maximum Gasteiger partial charge on any atom is 0.328 e. The van der Waals surface area contributed by atoms with Crippen LogP contribution < -0.4 is 20.0 Å². The molecular weight excluding hydrogens is 652 g/mol. The van der Waals surface area contributed by atoms with Crippen LogP contribution in [0.3, 0.4) is 0 Å². The highest BCUT2D eigenvalue weighted by molar-refractivity contribution is 6.05. The highest BCUT2D eigenvalue weighted by Crippen LogP contribution is 2.37. The summed E-state index contributed by atoms with van der Waals surface area (Å²) < 4.78 is 30.2. The van der Waals surface area contributed by atoms with Crippen molar-refractivity contribution in [2.24, 2.45) is 0 Å². The molecule has 51 heavy (non-hydrogen) atoms. The number of amides is 3. The molecule has 3 amide bonds. The van der Waals surface area contributed by atoms with Crippen molar-refractivity contribution < 1.29 is 18.4 Å². The average molecular weight is 692 g/mol. The Labute approximate surface area is 294 Å². The molecule has 3 aliphatic heterocycles. The number of nitrogens with one attached hydrogen (secondary N) is 1. The fraction of sp³-hybridized carbons (Fsp3) is 0.342. The van der Waals surface area contributed by atoms with Gasteiger partial charge in [0, 0.05) is 68.7 Å². The van der Waals surface area contributed by atoms with Gasteiger partial charge in [-0.25, -0.2) is 28.1 Å². The molecule has 5 aromatic rings. The first kappa shape index (κ1) is 32.8. The maximum atomic E-state index is 14.8. The van der Waals surface area contributed by atoms with Gasteiger partial charge in [-0.1, -0.05) is 24.3 Å². The number of benzene rings is 2. The molecule has 3 aromatic heterocycles. The van der Waals surface area contributed by atoms with Crippen molar-refractivity contribution in [1.29, 1.82) is 0 Å². The van der Waals surface area contributed by atoms with Gasteiger partial charge >= 0.3 is 6.03 Å². The summed E-state index contributed by atoms with van der Waals surface area (Å²) in [6.07, 6.45) is 7.54. The largest absolute Gasteiger partial charge is 0.356 e. The summed E-state index contributed by atoms with van der Waals surface area (Å²) in [6, 6.07) is 19.5. The van der Waals surface area contributed by atoms with Gasteiger partial charge in [-0.05, 0) is 74.7 Å². The van der Waals surface area contributed by atoms with Crippen molar-refractivity contribution in [3.8, 4) is 11.3 Å². The Morgan fingerprint density at radius 2 is 1.75 bits per heavy atom. The van der Waals surface area contributed by atoms with E-state index in [1.165, 1.54) is 12.1 Å². The van der Waals surface area contributed by atoms with Crippen molar-refractivity contribution >= 4 is 34.9 Å². The second-order valence-electron chi connectivity index (χ2n) is 13.6. The Bertz CT molecular complexity index is 2100. The lowest BCUT2D eigenvalue weighted by Crippen LogP contribution is -2.49. The molecule has 262 valence electrons. The normalized spacial score (nSPS) is 18.7. The highest BCUT2D eigenvalue weighted by Gasteiger charge is 2.30. The number of halogens is 2. The fourth-order valence-electron chi connectivity index (χ4n) is 7.67. The van der Waals surface area contributed by atoms with Crippen molar-refractivity contribution in [2.75, 3.05) is 47.9 Å². The van der Waals surface area contributed by atoms with Crippen LogP contribution in [0.15, 0.2) is 79.1 Å². The minimum absolute atomic E-state index is 0.226. The molecule has 3 fully saturated rings. The second-order valence-corrected chi connectivity index (χ2v) is 13.6. The van der Waals surface area contributed by atoms with Crippen LogP contribution in [0, 0.1) is 11.6 Å². The van der Waals surface area contributed by atoms with E-state index < -0.39 is 11.6 Å². The SMILES string of the molecule is CN(Cc1cccc(N2CCC(=O)NC2=O)c1)C1CCN(c2cccc(-c3cnn4ccc(N5CCC[C@@H]5c5ccc(F)cc5F)nc34)n2)CC1. The molecule has 3 saturated heterocycles. The number of rotatable bonds is 8. The fourth-order valence-corrected chi connectivity index (χ4v) is 7.67. The van der Waals surface area contributed by atoms with Gasteiger partial charge in [-0.15, -0.1) is 0 Å². The van der Waals surface area contributed by atoms with Gasteiger partial charge in [-0.3, -0.25) is 19.9 Å². The number of nitrogens with zero attached hydrogens (tertiary/aromatic N) is 8. The summed E-state index contributed by atoms with van der Waals surface area (Å²) in [6.45, 7) is 3.58. The lowest BCUT2D eigenvalue weighted by molar-refractivity contribution is -0.120. The van der Waals surface area contributed by atoms with Crippen LogP contribution in [-0.2, 0) is 11.3 Å². The zero-order valence-electron chi connectivity index (χ0n) is 28.4. The van der Waals surface area contributed by atoms with Crippen LogP contribution in [0.5, 0.6) is 0 Å². The van der Waals surface area contributed by atoms with Gasteiger partial charge in [0.2, 0.25) is 5.91 Å². The Morgan fingerprint density at radius 3 is 2.57 bits per heavy atom. The average Bonchev–Trinajstić information content (AvgIpc) is 3.79. The second kappa shape index (κ2) is 13.7. The molecule has 2 aromatic carbocycles. The zero-order valence-corrected chi connectivity index (χ0v) is 28.4. The molecule has 11 nitrogen and oxygen atoms in total. The van der Waals surface area contributed by atoms with E-state index in [2.05, 4.69) is 38.2 Å². The molecule has 8 rings (SSSR count). The van der Waals surface area contributed by atoms with E-state index in [1.807, 2.05) is 48.7 Å². The van der Waals surface area contributed by atoms with Crippen molar-refractivity contribution in [3.63, 3.8) is 0 Å². The lowest BCUT2D eigenvalue weighted by atomic mass is 10.0. The van der Waals surface area contributed by atoms with E-state index in [0.717, 1.165) is 92.1 Å². The molecular formula is C38H39F2N9O2. The number of anilines is 3. The summed E-state index contributed by atoms with van der Waals surface area (Å²) in [5, 5.41) is 6.95. The molecule has 0 radical (unpaired) electrons. The molecule has 13 heteroatoms. The number of aromatic nitrogens is 4. The number of carbonyl (C=O) groups excluding carboxylic acids is 2. The molecule has 0 aliphatic carbocycles. The molecule has 3 aliphatic rings. The molecule has 1 atom stereocenters. The summed E-state index contributed by atoms with van der Waals surface area (Å²) in [4.78, 5) is 42.4. The Hall–Kier alpha value is -5.43. The molecule has 1 N–H and O–H groups in total. The third kappa shape index (κ3) is 6.61. The number of pyridine rings is 1. The molecule has 0 unspecified atom stereocenters. The number of imide groups is 1. The number of urea groups is 1. The maximum absolute atomic E-state index is 14.8. The number of piperidine rings is 1. The van der Waals surface area contributed by atoms with E-state index in [4.69, 9.17) is 9.97 Å². The summed E-state index contributed by atoms with van der Waals surface area (Å²) in [5.74, 6) is 0.267. The first-order valence-corrected chi connectivity index (χ1v) is 17.5. The van der Waals surface area contributed by atoms with E-state index in [1.54, 1.807) is 15.6 Å². The van der Waals surface area contributed by atoms with Gasteiger partial charge in [0.15, 0.2) is 5.65 Å². The first-order chi connectivity index (χ1) is 24.8. The van der Waals surface area contributed by atoms with E-state index in [9.17, 15) is 18.4 Å². The Morgan fingerprint density at radius 1 is 0.902 bits per heavy atom. The minimum Gasteiger partial charge on any atom is -0.356 e. The number of hydrogen-bond acceptors (Lipinski definition) is 8. The Balaban J connectivity index is 0.940. The third-order valence-electron chi connectivity index (χ3n) is 10.4. The van der Waals surface area contributed by atoms with E-state index in [0.29, 0.717) is 30.2 Å². The minimum atomic E-state index is -0.583. The number of hydrogen-bond donors (Lipinski definition) is 1. The van der Waals surface area contributed by atoms with Gasteiger partial charge < -0.3 is 9.80 Å². The van der Waals surface area contributed by atoms with Crippen molar-refractivity contribution in [2.45, 2.75) is 50.7 Å². The standard InChI is InChI=1S/C38H39F2N9O2/c1-45(24-25-5-2-6-28(21-25)47-19-15-36(50)44-38(47)51)27-12-17-46(18-13-27)34-9-3-7-32(42-34)30-23-41-49-20-14-35(43-37(30)49)48-16-4-8-33(48)29-11-10-26(39)22-31(29)40/h2-3,5-7,9-11,14,20-23,27,33H,4,8,12-13,15-19,24H2,1H3,(H,44,50,51)/t33-/m1/s1. The van der Waals surface area contributed by atoms with E-state index >= 15 is 0 Å². The summed E-state index contributed by atoms with van der Waals surface area (Å²) >= 11 is 0. The number of fused-ring (bicyclic) bond motifs is 1. The lowest BCUT2D eigenvalue weighted by Gasteiger charge is -2.37. The first-order valence-electron chi connectivity index (χ1n) is 17.5. The van der Waals surface area contributed by atoms with Gasteiger partial charge in [0.25, 0.3) is 0 Å². The van der Waals surface area contributed by atoms with Crippen LogP contribution in [0.2, 0.25) is 0 Å². The van der Waals surface area contributed by atoms with Crippen molar-refractivity contribution in [1.82, 2.24) is 29.8 Å². The molecule has 6 heterocycles. The number of carbonyl (C=O) groups is 2. The monoisotopic (exact) mass is 691 g/mol. The van der Waals surface area contributed by atoms with Crippen molar-refractivity contribution in [3.05, 3.63) is 102 Å². The molecule has 0 bridgehead atoms. The van der Waals surface area contributed by atoms with Crippen LogP contribution >= 0.6 is 0 Å². The predicted octanol–water partition coefficient (Wildman–Crippen LogP) is 5.96. The van der Waals surface area contributed by atoms with Crippen LogP contribution in [-0.4, -0.2) is 75.7 Å². The zero-order chi connectivity index (χ0) is 35.1. The van der Waals surface area contributed by atoms with Gasteiger partial charge in [-0.2, -0.15) is 5.10 Å². The third-order valence-corrected chi connectivity index (χ3v) is 10.4. The predicted molar refractivity (Wildman–Crippen MR) is 191 cm³/mol. The molecule has 0 saturated carbocycles. The highest BCUT2D eigenvalue weighted by atomic mass is 19.1. The summed E-state index contributed by atoms with van der Waals surface area (Å²) in [7, 11) is 2.14. The Kier molecular flexibility index (Phi) is 8.80. The van der Waals surface area contributed by atoms with E-state index in [-0.39, 0.29) is 18.0 Å². The quantitative estimate of drug-likeness (QED) is 0.213. The van der Waals surface area contributed by atoms with Gasteiger partial charge in [0.05, 0.1) is 23.5 Å². The van der Waals surface area contributed by atoms with Crippen LogP contribution in [0.25, 0.3) is 16.9 Å². The smallest absolute Gasteiger partial charge is 0.328 e. The summed E-state index contributed by atoms with van der Waals surface area (Å²) in [5.41, 5.74) is 4.65. The van der Waals surface area contributed by atoms with Crippen LogP contribution in [0.1, 0.15) is 49.3 Å².